The molecule has 9 nitrogen and oxygen atoms in total. The third kappa shape index (κ3) is 3.45. The Morgan fingerprint density at radius 2 is 2.16 bits per heavy atom. The largest absolute Gasteiger partial charge is 0.348 e. The standard InChI is InChI=1S/C15H17ClN8O/c1-22(2)15-18-8-11(23(15)3)7-17-14(25)12-5-4-10(6-13(12)16)24-9-19-20-21-24/h4-6,8-9H,7H2,1-3H3,(H,17,25). The Morgan fingerprint density at radius 1 is 1.36 bits per heavy atom. The van der Waals surface area contributed by atoms with Crippen LogP contribution in [0.4, 0.5) is 5.95 Å². The molecule has 2 aromatic heterocycles. The number of aromatic nitrogens is 6. The van der Waals surface area contributed by atoms with E-state index in [1.807, 2.05) is 30.6 Å². The first-order valence-corrected chi connectivity index (χ1v) is 7.84. The molecule has 2 heterocycles. The van der Waals surface area contributed by atoms with E-state index in [1.54, 1.807) is 24.4 Å². The normalized spacial score (nSPS) is 10.7. The molecule has 25 heavy (non-hydrogen) atoms. The number of rotatable bonds is 5. The molecule has 1 amide bonds. The fourth-order valence-electron chi connectivity index (χ4n) is 2.39. The maximum Gasteiger partial charge on any atom is 0.253 e. The molecule has 0 aliphatic carbocycles. The second-order valence-electron chi connectivity index (χ2n) is 5.60. The van der Waals surface area contributed by atoms with Crippen molar-refractivity contribution in [3.05, 3.63) is 47.0 Å². The summed E-state index contributed by atoms with van der Waals surface area (Å²) in [6, 6.07) is 5.01. The summed E-state index contributed by atoms with van der Waals surface area (Å²) in [6.45, 7) is 0.348. The van der Waals surface area contributed by atoms with Crippen molar-refractivity contribution in [3.63, 3.8) is 0 Å². The third-order valence-electron chi connectivity index (χ3n) is 3.70. The van der Waals surface area contributed by atoms with E-state index in [4.69, 9.17) is 11.6 Å². The van der Waals surface area contributed by atoms with Crippen molar-refractivity contribution in [1.29, 1.82) is 0 Å². The van der Waals surface area contributed by atoms with E-state index < -0.39 is 0 Å². The lowest BCUT2D eigenvalue weighted by atomic mass is 10.2. The summed E-state index contributed by atoms with van der Waals surface area (Å²) in [7, 11) is 5.73. The zero-order valence-corrected chi connectivity index (χ0v) is 14.8. The molecule has 0 atom stereocenters. The van der Waals surface area contributed by atoms with E-state index in [2.05, 4.69) is 25.8 Å². The maximum absolute atomic E-state index is 12.4. The topological polar surface area (TPSA) is 93.8 Å². The van der Waals surface area contributed by atoms with Crippen LogP contribution in [-0.4, -0.2) is 49.8 Å². The molecule has 1 aromatic carbocycles. The number of nitrogens with one attached hydrogen (secondary N) is 1. The molecule has 0 bridgehead atoms. The molecule has 0 fully saturated rings. The van der Waals surface area contributed by atoms with Crippen LogP contribution in [0.1, 0.15) is 16.1 Å². The van der Waals surface area contributed by atoms with Crippen molar-refractivity contribution in [2.75, 3.05) is 19.0 Å². The number of amides is 1. The molecule has 0 aliphatic rings. The Labute approximate surface area is 149 Å². The summed E-state index contributed by atoms with van der Waals surface area (Å²) in [4.78, 5) is 18.6. The lowest BCUT2D eigenvalue weighted by Gasteiger charge is -2.13. The number of halogens is 1. The molecule has 0 unspecified atom stereocenters. The first kappa shape index (κ1) is 16.9. The van der Waals surface area contributed by atoms with E-state index >= 15 is 0 Å². The number of carbonyl (C=O) groups is 1. The van der Waals surface area contributed by atoms with Crippen molar-refractivity contribution < 1.29 is 4.79 Å². The third-order valence-corrected chi connectivity index (χ3v) is 4.01. The number of carbonyl (C=O) groups excluding carboxylic acids is 1. The summed E-state index contributed by atoms with van der Waals surface area (Å²) in [5.74, 6) is 0.550. The molecular formula is C15H17ClN8O. The number of benzene rings is 1. The van der Waals surface area contributed by atoms with Gasteiger partial charge in [-0.1, -0.05) is 11.6 Å². The number of hydrogen-bond acceptors (Lipinski definition) is 6. The molecule has 0 saturated heterocycles. The summed E-state index contributed by atoms with van der Waals surface area (Å²) in [6.07, 6.45) is 3.19. The van der Waals surface area contributed by atoms with Gasteiger partial charge in [0.05, 0.1) is 34.7 Å². The highest BCUT2D eigenvalue weighted by molar-refractivity contribution is 6.34. The molecule has 0 spiro atoms. The molecule has 3 aromatic rings. The van der Waals surface area contributed by atoms with E-state index in [0.29, 0.717) is 22.8 Å². The maximum atomic E-state index is 12.4. The number of nitrogens with zero attached hydrogens (tertiary/aromatic N) is 7. The Morgan fingerprint density at radius 3 is 2.76 bits per heavy atom. The highest BCUT2D eigenvalue weighted by Crippen LogP contribution is 2.20. The summed E-state index contributed by atoms with van der Waals surface area (Å²) < 4.78 is 3.38. The second-order valence-corrected chi connectivity index (χ2v) is 6.01. The molecule has 0 radical (unpaired) electrons. The SMILES string of the molecule is CN(C)c1ncc(CNC(=O)c2ccc(-n3cnnn3)cc2Cl)n1C. The predicted molar refractivity (Wildman–Crippen MR) is 92.9 cm³/mol. The van der Waals surface area contributed by atoms with E-state index in [0.717, 1.165) is 11.6 Å². The summed E-state index contributed by atoms with van der Waals surface area (Å²) in [5, 5.41) is 14.1. The lowest BCUT2D eigenvalue weighted by Crippen LogP contribution is -2.24. The smallest absolute Gasteiger partial charge is 0.253 e. The summed E-state index contributed by atoms with van der Waals surface area (Å²) in [5.41, 5.74) is 1.95. The minimum absolute atomic E-state index is 0.263. The van der Waals surface area contributed by atoms with Gasteiger partial charge < -0.3 is 14.8 Å². The molecule has 3 rings (SSSR count). The quantitative estimate of drug-likeness (QED) is 0.730. The van der Waals surface area contributed by atoms with Gasteiger partial charge in [0.25, 0.3) is 5.91 Å². The van der Waals surface area contributed by atoms with E-state index in [1.165, 1.54) is 11.0 Å². The summed E-state index contributed by atoms with van der Waals surface area (Å²) >= 11 is 6.23. The van der Waals surface area contributed by atoms with Gasteiger partial charge in [0, 0.05) is 21.1 Å². The van der Waals surface area contributed by atoms with Gasteiger partial charge in [-0.15, -0.1) is 5.10 Å². The van der Waals surface area contributed by atoms with Crippen LogP contribution >= 0.6 is 11.6 Å². The Hall–Kier alpha value is -2.94. The van der Waals surface area contributed by atoms with Crippen LogP contribution in [0.3, 0.4) is 0 Å². The van der Waals surface area contributed by atoms with Crippen LogP contribution in [0, 0.1) is 0 Å². The Bertz CT molecular complexity index is 887. The van der Waals surface area contributed by atoms with Crippen molar-refractivity contribution >= 4 is 23.5 Å². The van der Waals surface area contributed by atoms with E-state index in [-0.39, 0.29) is 5.91 Å². The van der Waals surface area contributed by atoms with Gasteiger partial charge in [-0.05, 0) is 28.6 Å². The number of tetrazole rings is 1. The van der Waals surface area contributed by atoms with E-state index in [9.17, 15) is 4.79 Å². The van der Waals surface area contributed by atoms with Gasteiger partial charge in [0.1, 0.15) is 6.33 Å². The van der Waals surface area contributed by atoms with Gasteiger partial charge in [-0.25, -0.2) is 9.67 Å². The minimum Gasteiger partial charge on any atom is -0.348 e. The number of hydrogen-bond donors (Lipinski definition) is 1. The molecule has 0 saturated carbocycles. The van der Waals surface area contributed by atoms with Crippen LogP contribution in [0.25, 0.3) is 5.69 Å². The minimum atomic E-state index is -0.263. The van der Waals surface area contributed by atoms with Crippen LogP contribution in [-0.2, 0) is 13.6 Å². The number of imidazole rings is 1. The fraction of sp³-hybridized carbons (Fsp3) is 0.267. The molecule has 0 aliphatic heterocycles. The van der Waals surface area contributed by atoms with Crippen LogP contribution < -0.4 is 10.2 Å². The van der Waals surface area contributed by atoms with Gasteiger partial charge in [0.2, 0.25) is 5.95 Å². The molecule has 1 N–H and O–H groups in total. The second kappa shape index (κ2) is 6.89. The fourth-order valence-corrected chi connectivity index (χ4v) is 2.65. The highest BCUT2D eigenvalue weighted by atomic mass is 35.5. The average molecular weight is 361 g/mol. The first-order chi connectivity index (χ1) is 12.0. The van der Waals surface area contributed by atoms with Crippen molar-refractivity contribution in [1.82, 2.24) is 35.1 Å². The van der Waals surface area contributed by atoms with Crippen LogP contribution in [0.2, 0.25) is 5.02 Å². The molecule has 130 valence electrons. The lowest BCUT2D eigenvalue weighted by molar-refractivity contribution is 0.0950. The Balaban J connectivity index is 1.71. The van der Waals surface area contributed by atoms with Crippen molar-refractivity contribution in [2.24, 2.45) is 7.05 Å². The molecule has 10 heteroatoms. The zero-order chi connectivity index (χ0) is 18.0. The van der Waals surface area contributed by atoms with Gasteiger partial charge in [-0.3, -0.25) is 4.79 Å². The highest BCUT2D eigenvalue weighted by Gasteiger charge is 2.14. The van der Waals surface area contributed by atoms with Gasteiger partial charge in [-0.2, -0.15) is 0 Å². The average Bonchev–Trinajstić information content (AvgIpc) is 3.22. The van der Waals surface area contributed by atoms with Gasteiger partial charge in [0.15, 0.2) is 0 Å². The Kier molecular flexibility index (Phi) is 4.66. The molecular weight excluding hydrogens is 344 g/mol. The van der Waals surface area contributed by atoms with Crippen molar-refractivity contribution in [2.45, 2.75) is 6.54 Å². The zero-order valence-electron chi connectivity index (χ0n) is 14.0. The van der Waals surface area contributed by atoms with Gasteiger partial charge >= 0.3 is 0 Å². The van der Waals surface area contributed by atoms with Crippen LogP contribution in [0.5, 0.6) is 0 Å². The van der Waals surface area contributed by atoms with Crippen molar-refractivity contribution in [3.8, 4) is 5.69 Å². The van der Waals surface area contributed by atoms with Crippen LogP contribution in [0.15, 0.2) is 30.7 Å². The monoisotopic (exact) mass is 360 g/mol. The number of anilines is 1. The first-order valence-electron chi connectivity index (χ1n) is 7.46. The predicted octanol–water partition coefficient (Wildman–Crippen LogP) is 1.05.